The summed E-state index contributed by atoms with van der Waals surface area (Å²) in [6.45, 7) is 3.24. The van der Waals surface area contributed by atoms with E-state index in [-0.39, 0.29) is 17.9 Å². The molecular formula is C21H23ClFN5O. The second-order valence-electron chi connectivity index (χ2n) is 7.35. The summed E-state index contributed by atoms with van der Waals surface area (Å²) in [7, 11) is 0. The lowest BCUT2D eigenvalue weighted by atomic mass is 10.0. The third-order valence-electron chi connectivity index (χ3n) is 5.13. The molecule has 0 bridgehead atoms. The monoisotopic (exact) mass is 415 g/mol. The minimum Gasteiger partial charge on any atom is -0.493 e. The van der Waals surface area contributed by atoms with Crippen LogP contribution in [0.2, 0.25) is 5.15 Å². The Morgan fingerprint density at radius 3 is 3.00 bits per heavy atom. The molecule has 29 heavy (non-hydrogen) atoms. The zero-order valence-corrected chi connectivity index (χ0v) is 16.9. The molecule has 2 unspecified atom stereocenters. The number of nitrogens with zero attached hydrogens (tertiary/aromatic N) is 4. The number of anilines is 1. The van der Waals surface area contributed by atoms with Crippen molar-refractivity contribution in [3.8, 4) is 5.75 Å². The number of benzene rings is 1. The molecular weight excluding hydrogens is 393 g/mol. The van der Waals surface area contributed by atoms with Crippen LogP contribution in [0.15, 0.2) is 36.7 Å². The van der Waals surface area contributed by atoms with Crippen LogP contribution in [0.5, 0.6) is 5.75 Å². The van der Waals surface area contributed by atoms with Crippen molar-refractivity contribution < 1.29 is 9.13 Å². The molecule has 0 spiro atoms. The predicted molar refractivity (Wildman–Crippen MR) is 112 cm³/mol. The molecule has 3 heterocycles. The summed E-state index contributed by atoms with van der Waals surface area (Å²) in [6, 6.07) is 8.49. The number of fused-ring (bicyclic) bond motifs is 1. The normalized spacial score (nSPS) is 17.7. The maximum Gasteiger partial charge on any atom is 0.158 e. The first kappa shape index (κ1) is 19.8. The molecule has 1 saturated heterocycles. The highest BCUT2D eigenvalue weighted by Crippen LogP contribution is 2.40. The largest absolute Gasteiger partial charge is 0.493 e. The van der Waals surface area contributed by atoms with E-state index >= 15 is 0 Å². The van der Waals surface area contributed by atoms with E-state index in [0.29, 0.717) is 28.5 Å². The van der Waals surface area contributed by atoms with Crippen molar-refractivity contribution in [3.05, 3.63) is 53.2 Å². The summed E-state index contributed by atoms with van der Waals surface area (Å²) in [5.74, 6) is 1.17. The van der Waals surface area contributed by atoms with Gasteiger partial charge in [0.25, 0.3) is 0 Å². The van der Waals surface area contributed by atoms with Gasteiger partial charge in [-0.3, -0.25) is 0 Å². The summed E-state index contributed by atoms with van der Waals surface area (Å²) in [5, 5.41) is 0.318. The van der Waals surface area contributed by atoms with Crippen LogP contribution in [-0.2, 0) is 0 Å². The average Bonchev–Trinajstić information content (AvgIpc) is 3.18. The van der Waals surface area contributed by atoms with Gasteiger partial charge in [-0.1, -0.05) is 11.6 Å². The first-order chi connectivity index (χ1) is 14.0. The lowest BCUT2D eigenvalue weighted by Gasteiger charge is -2.28. The van der Waals surface area contributed by atoms with E-state index < -0.39 is 0 Å². The van der Waals surface area contributed by atoms with Crippen LogP contribution in [0.4, 0.5) is 10.2 Å². The molecule has 2 N–H and O–H groups in total. The number of nitrogens with two attached hydrogens (primary N) is 1. The second-order valence-corrected chi connectivity index (χ2v) is 7.71. The molecule has 1 aliphatic rings. The van der Waals surface area contributed by atoms with Gasteiger partial charge in [0.15, 0.2) is 5.15 Å². The summed E-state index contributed by atoms with van der Waals surface area (Å²) < 4.78 is 20.1. The van der Waals surface area contributed by atoms with Crippen molar-refractivity contribution in [2.45, 2.75) is 38.3 Å². The number of hydrogen-bond donors (Lipinski definition) is 1. The first-order valence-electron chi connectivity index (χ1n) is 9.74. The molecule has 152 valence electrons. The number of rotatable bonds is 6. The van der Waals surface area contributed by atoms with Gasteiger partial charge in [-0.15, -0.1) is 0 Å². The van der Waals surface area contributed by atoms with Crippen LogP contribution in [0.3, 0.4) is 0 Å². The maximum atomic E-state index is 14.1. The smallest absolute Gasteiger partial charge is 0.158 e. The molecule has 0 amide bonds. The van der Waals surface area contributed by atoms with Gasteiger partial charge in [-0.05, 0) is 56.5 Å². The molecule has 1 fully saturated rings. The van der Waals surface area contributed by atoms with E-state index in [1.807, 2.05) is 19.1 Å². The fourth-order valence-electron chi connectivity index (χ4n) is 3.69. The van der Waals surface area contributed by atoms with Gasteiger partial charge in [-0.25, -0.2) is 19.3 Å². The van der Waals surface area contributed by atoms with Gasteiger partial charge < -0.3 is 15.4 Å². The zero-order valence-electron chi connectivity index (χ0n) is 16.2. The highest BCUT2D eigenvalue weighted by Gasteiger charge is 2.30. The Morgan fingerprint density at radius 2 is 2.17 bits per heavy atom. The molecule has 2 atom stereocenters. The Balaban J connectivity index is 1.66. The predicted octanol–water partition coefficient (Wildman–Crippen LogP) is 4.27. The van der Waals surface area contributed by atoms with E-state index in [0.717, 1.165) is 37.2 Å². The quantitative estimate of drug-likeness (QED) is 0.605. The van der Waals surface area contributed by atoms with E-state index in [1.165, 1.54) is 12.4 Å². The topological polar surface area (TPSA) is 77.2 Å². The van der Waals surface area contributed by atoms with Gasteiger partial charge in [0.1, 0.15) is 29.2 Å². The fraction of sp³-hybridized carbons (Fsp3) is 0.381. The highest BCUT2D eigenvalue weighted by atomic mass is 35.5. The van der Waals surface area contributed by atoms with Crippen molar-refractivity contribution in [3.63, 3.8) is 0 Å². The zero-order chi connectivity index (χ0) is 20.4. The number of ether oxygens (including phenoxy) is 1. The lowest BCUT2D eigenvalue weighted by Crippen LogP contribution is -2.24. The number of hydrogen-bond acceptors (Lipinski definition) is 6. The van der Waals surface area contributed by atoms with Crippen molar-refractivity contribution in [2.75, 3.05) is 18.1 Å². The van der Waals surface area contributed by atoms with Crippen LogP contribution in [-0.4, -0.2) is 34.1 Å². The van der Waals surface area contributed by atoms with Crippen LogP contribution in [0.25, 0.3) is 11.0 Å². The van der Waals surface area contributed by atoms with E-state index in [2.05, 4.69) is 19.9 Å². The number of halogens is 2. The Bertz CT molecular complexity index is 1020. The molecule has 1 aromatic carbocycles. The maximum absolute atomic E-state index is 14.1. The average molecular weight is 416 g/mol. The van der Waals surface area contributed by atoms with Crippen LogP contribution >= 0.6 is 11.6 Å². The van der Waals surface area contributed by atoms with Crippen LogP contribution in [0, 0.1) is 5.82 Å². The third kappa shape index (κ3) is 4.26. The Morgan fingerprint density at radius 1 is 1.31 bits per heavy atom. The minimum absolute atomic E-state index is 0.0376. The lowest BCUT2D eigenvalue weighted by molar-refractivity contribution is 0.296. The van der Waals surface area contributed by atoms with Crippen molar-refractivity contribution in [1.82, 2.24) is 15.0 Å². The molecule has 1 aliphatic heterocycles. The van der Waals surface area contributed by atoms with Gasteiger partial charge in [0, 0.05) is 18.2 Å². The van der Waals surface area contributed by atoms with E-state index in [1.54, 1.807) is 12.1 Å². The summed E-state index contributed by atoms with van der Waals surface area (Å²) in [4.78, 5) is 15.1. The Kier molecular flexibility index (Phi) is 5.78. The van der Waals surface area contributed by atoms with Crippen LogP contribution in [0.1, 0.15) is 37.8 Å². The first-order valence-corrected chi connectivity index (χ1v) is 10.1. The molecule has 4 rings (SSSR count). The van der Waals surface area contributed by atoms with Crippen molar-refractivity contribution in [1.29, 1.82) is 0 Å². The number of pyridine rings is 1. The Labute approximate surface area is 173 Å². The van der Waals surface area contributed by atoms with Crippen molar-refractivity contribution in [2.24, 2.45) is 5.73 Å². The Hall–Kier alpha value is -2.51. The van der Waals surface area contributed by atoms with Gasteiger partial charge in [0.2, 0.25) is 0 Å². The minimum atomic E-state index is -0.283. The molecule has 0 saturated carbocycles. The highest BCUT2D eigenvalue weighted by molar-refractivity contribution is 6.33. The molecule has 0 aliphatic carbocycles. The van der Waals surface area contributed by atoms with Gasteiger partial charge in [-0.2, -0.15) is 0 Å². The number of aromatic nitrogens is 3. The van der Waals surface area contributed by atoms with E-state index in [4.69, 9.17) is 22.1 Å². The summed E-state index contributed by atoms with van der Waals surface area (Å²) in [6.07, 6.45) is 4.00. The summed E-state index contributed by atoms with van der Waals surface area (Å²) in [5.41, 5.74) is 7.89. The van der Waals surface area contributed by atoms with Gasteiger partial charge >= 0.3 is 0 Å². The second kappa shape index (κ2) is 8.47. The van der Waals surface area contributed by atoms with E-state index in [9.17, 15) is 4.39 Å². The third-order valence-corrected chi connectivity index (χ3v) is 5.41. The van der Waals surface area contributed by atoms with Crippen LogP contribution < -0.4 is 15.4 Å². The molecule has 8 heteroatoms. The fourth-order valence-corrected chi connectivity index (χ4v) is 3.87. The van der Waals surface area contributed by atoms with Gasteiger partial charge in [0.05, 0.1) is 18.2 Å². The standard InChI is InChI=1S/C21H23ClFN5O/c1-13(24)8-10-29-18-6-4-14(23)11-15(18)17-3-2-9-28(17)19-7-5-16-20(27-19)21(22)26-12-25-16/h4-7,11-13,17H,2-3,8-10,24H2,1H3. The summed E-state index contributed by atoms with van der Waals surface area (Å²) >= 11 is 6.21. The SMILES string of the molecule is CC(N)CCOc1ccc(F)cc1C1CCCN1c1ccc2ncnc(Cl)c2n1. The van der Waals surface area contributed by atoms with Crippen molar-refractivity contribution >= 4 is 28.5 Å². The molecule has 2 aromatic heterocycles. The molecule has 3 aromatic rings. The molecule has 0 radical (unpaired) electrons. The molecule has 6 nitrogen and oxygen atoms in total.